The maximum absolute atomic E-state index is 11.2. The van der Waals surface area contributed by atoms with Crippen LogP contribution in [-0.2, 0) is 4.79 Å². The zero-order chi connectivity index (χ0) is 15.4. The molecule has 2 aromatic heterocycles. The highest BCUT2D eigenvalue weighted by atomic mass is 16.5. The summed E-state index contributed by atoms with van der Waals surface area (Å²) in [4.78, 5) is 19.6. The zero-order valence-corrected chi connectivity index (χ0v) is 12.0. The molecule has 0 aliphatic heterocycles. The van der Waals surface area contributed by atoms with Gasteiger partial charge in [-0.25, -0.2) is 4.98 Å². The molecule has 0 aliphatic rings. The normalized spacial score (nSPS) is 10.4. The van der Waals surface area contributed by atoms with Crippen molar-refractivity contribution in [3.63, 3.8) is 0 Å². The van der Waals surface area contributed by atoms with Crippen LogP contribution < -0.4 is 9.47 Å². The monoisotopic (exact) mass is 294 g/mol. The van der Waals surface area contributed by atoms with Crippen molar-refractivity contribution in [1.29, 1.82) is 0 Å². The van der Waals surface area contributed by atoms with Crippen LogP contribution in [-0.4, -0.2) is 15.9 Å². The molecule has 3 rings (SSSR count). The highest BCUT2D eigenvalue weighted by Gasteiger charge is 2.06. The van der Waals surface area contributed by atoms with Gasteiger partial charge in [0.2, 0.25) is 5.88 Å². The average Bonchev–Trinajstić information content (AvgIpc) is 2.57. The molecule has 0 unspecified atom stereocenters. The molecule has 22 heavy (non-hydrogen) atoms. The quantitative estimate of drug-likeness (QED) is 0.542. The molecular formula is C17H14N2O3. The van der Waals surface area contributed by atoms with Crippen LogP contribution in [0.4, 0.5) is 0 Å². The second-order valence-corrected chi connectivity index (χ2v) is 4.61. The number of hydrogen-bond donors (Lipinski definition) is 0. The Hall–Kier alpha value is -2.95. The SMILES string of the molecule is CCC(=O)Oc1ccc(Oc2nccc3ccncc23)cc1. The third-order valence-electron chi connectivity index (χ3n) is 3.09. The Bertz CT molecular complexity index is 795. The molecule has 1 aromatic carbocycles. The minimum absolute atomic E-state index is 0.268. The molecule has 0 amide bonds. The van der Waals surface area contributed by atoms with E-state index in [4.69, 9.17) is 9.47 Å². The van der Waals surface area contributed by atoms with E-state index in [0.29, 0.717) is 23.8 Å². The second kappa shape index (κ2) is 6.22. The number of pyridine rings is 2. The third kappa shape index (κ3) is 3.03. The van der Waals surface area contributed by atoms with E-state index < -0.39 is 0 Å². The molecule has 0 spiro atoms. The lowest BCUT2D eigenvalue weighted by atomic mass is 10.2. The minimum Gasteiger partial charge on any atom is -0.438 e. The number of benzene rings is 1. The highest BCUT2D eigenvalue weighted by molar-refractivity contribution is 5.85. The summed E-state index contributed by atoms with van der Waals surface area (Å²) in [5, 5.41) is 1.85. The van der Waals surface area contributed by atoms with Crippen LogP contribution in [0.2, 0.25) is 0 Å². The first-order valence-electron chi connectivity index (χ1n) is 6.93. The van der Waals surface area contributed by atoms with Gasteiger partial charge >= 0.3 is 5.97 Å². The van der Waals surface area contributed by atoms with E-state index in [-0.39, 0.29) is 5.97 Å². The average molecular weight is 294 g/mol. The standard InChI is InChI=1S/C17H14N2O3/c1-2-16(20)21-13-3-5-14(6-4-13)22-17-15-11-18-9-7-12(15)8-10-19-17/h3-11H,2H2,1H3. The summed E-state index contributed by atoms with van der Waals surface area (Å²) >= 11 is 0. The summed E-state index contributed by atoms with van der Waals surface area (Å²) in [5.74, 6) is 1.33. The van der Waals surface area contributed by atoms with E-state index >= 15 is 0 Å². The fourth-order valence-corrected chi connectivity index (χ4v) is 1.96. The van der Waals surface area contributed by atoms with Crippen molar-refractivity contribution in [3.05, 3.63) is 55.0 Å². The van der Waals surface area contributed by atoms with Crippen molar-refractivity contribution in [2.75, 3.05) is 0 Å². The zero-order valence-electron chi connectivity index (χ0n) is 12.0. The number of nitrogens with zero attached hydrogens (tertiary/aromatic N) is 2. The van der Waals surface area contributed by atoms with Gasteiger partial charge in [0.1, 0.15) is 11.5 Å². The lowest BCUT2D eigenvalue weighted by Gasteiger charge is -2.08. The van der Waals surface area contributed by atoms with Gasteiger partial charge in [0.15, 0.2) is 0 Å². The highest BCUT2D eigenvalue weighted by Crippen LogP contribution is 2.28. The topological polar surface area (TPSA) is 61.3 Å². The minimum atomic E-state index is -0.268. The number of hydrogen-bond acceptors (Lipinski definition) is 5. The van der Waals surface area contributed by atoms with Crippen molar-refractivity contribution in [3.8, 4) is 17.4 Å². The van der Waals surface area contributed by atoms with E-state index in [1.54, 1.807) is 49.8 Å². The van der Waals surface area contributed by atoms with Gasteiger partial charge in [-0.1, -0.05) is 6.92 Å². The molecule has 0 atom stereocenters. The summed E-state index contributed by atoms with van der Waals surface area (Å²) < 4.78 is 10.9. The Balaban J connectivity index is 1.82. The molecule has 0 radical (unpaired) electrons. The van der Waals surface area contributed by atoms with E-state index in [1.165, 1.54) is 0 Å². The largest absolute Gasteiger partial charge is 0.438 e. The summed E-state index contributed by atoms with van der Waals surface area (Å²) in [6.45, 7) is 1.75. The van der Waals surface area contributed by atoms with Crippen molar-refractivity contribution in [2.45, 2.75) is 13.3 Å². The molecule has 0 N–H and O–H groups in total. The Morgan fingerprint density at radius 2 is 1.77 bits per heavy atom. The maximum Gasteiger partial charge on any atom is 0.310 e. The Morgan fingerprint density at radius 1 is 1.05 bits per heavy atom. The van der Waals surface area contributed by atoms with Crippen molar-refractivity contribution < 1.29 is 14.3 Å². The summed E-state index contributed by atoms with van der Waals surface area (Å²) in [6, 6.07) is 10.6. The fraction of sp³-hybridized carbons (Fsp3) is 0.118. The molecule has 0 bridgehead atoms. The van der Waals surface area contributed by atoms with Gasteiger partial charge in [0, 0.05) is 25.0 Å². The lowest BCUT2D eigenvalue weighted by molar-refractivity contribution is -0.134. The van der Waals surface area contributed by atoms with E-state index in [1.807, 2.05) is 12.1 Å². The predicted molar refractivity (Wildman–Crippen MR) is 82.0 cm³/mol. The Labute approximate surface area is 127 Å². The number of rotatable bonds is 4. The first-order chi connectivity index (χ1) is 10.8. The first-order valence-corrected chi connectivity index (χ1v) is 6.93. The molecule has 3 aromatic rings. The predicted octanol–water partition coefficient (Wildman–Crippen LogP) is 3.74. The number of carbonyl (C=O) groups is 1. The molecule has 5 heteroatoms. The maximum atomic E-state index is 11.2. The van der Waals surface area contributed by atoms with Gasteiger partial charge in [-0.15, -0.1) is 0 Å². The van der Waals surface area contributed by atoms with Crippen molar-refractivity contribution >= 4 is 16.7 Å². The molecule has 110 valence electrons. The molecule has 0 aliphatic carbocycles. The van der Waals surface area contributed by atoms with Gasteiger partial charge in [0.25, 0.3) is 0 Å². The molecule has 5 nitrogen and oxygen atoms in total. The fourth-order valence-electron chi connectivity index (χ4n) is 1.96. The van der Waals surface area contributed by atoms with Crippen LogP contribution in [0.3, 0.4) is 0 Å². The van der Waals surface area contributed by atoms with E-state index in [0.717, 1.165) is 10.8 Å². The number of esters is 1. The van der Waals surface area contributed by atoms with Gasteiger partial charge in [-0.05, 0) is 41.8 Å². The second-order valence-electron chi connectivity index (χ2n) is 4.61. The van der Waals surface area contributed by atoms with Crippen LogP contribution >= 0.6 is 0 Å². The Kier molecular flexibility index (Phi) is 3.96. The van der Waals surface area contributed by atoms with Gasteiger partial charge < -0.3 is 9.47 Å². The van der Waals surface area contributed by atoms with Crippen molar-refractivity contribution in [1.82, 2.24) is 9.97 Å². The van der Waals surface area contributed by atoms with Crippen LogP contribution in [0.5, 0.6) is 17.4 Å². The molecule has 0 saturated carbocycles. The number of ether oxygens (including phenoxy) is 2. The Morgan fingerprint density at radius 3 is 2.55 bits per heavy atom. The van der Waals surface area contributed by atoms with Gasteiger partial charge in [0.05, 0.1) is 5.39 Å². The lowest BCUT2D eigenvalue weighted by Crippen LogP contribution is -2.05. The van der Waals surface area contributed by atoms with Gasteiger partial charge in [-0.2, -0.15) is 0 Å². The van der Waals surface area contributed by atoms with Crippen LogP contribution in [0.1, 0.15) is 13.3 Å². The molecule has 0 fully saturated rings. The van der Waals surface area contributed by atoms with Crippen LogP contribution in [0, 0.1) is 0 Å². The molecule has 0 saturated heterocycles. The van der Waals surface area contributed by atoms with Crippen LogP contribution in [0.15, 0.2) is 55.0 Å². The number of carbonyl (C=O) groups excluding carboxylic acids is 1. The van der Waals surface area contributed by atoms with Crippen LogP contribution in [0.25, 0.3) is 10.8 Å². The summed E-state index contributed by atoms with van der Waals surface area (Å²) in [7, 11) is 0. The molecule has 2 heterocycles. The van der Waals surface area contributed by atoms with Crippen molar-refractivity contribution in [2.24, 2.45) is 0 Å². The number of fused-ring (bicyclic) bond motifs is 1. The third-order valence-corrected chi connectivity index (χ3v) is 3.09. The summed E-state index contributed by atoms with van der Waals surface area (Å²) in [5.41, 5.74) is 0. The smallest absolute Gasteiger partial charge is 0.310 e. The first kappa shape index (κ1) is 14.0. The van der Waals surface area contributed by atoms with E-state index in [2.05, 4.69) is 9.97 Å². The number of aromatic nitrogens is 2. The van der Waals surface area contributed by atoms with Gasteiger partial charge in [-0.3, -0.25) is 9.78 Å². The van der Waals surface area contributed by atoms with E-state index in [9.17, 15) is 4.79 Å². The summed E-state index contributed by atoms with van der Waals surface area (Å²) in [6.07, 6.45) is 5.47. The molecular weight excluding hydrogens is 280 g/mol.